The summed E-state index contributed by atoms with van der Waals surface area (Å²) in [6.07, 6.45) is 0.857. The molecule has 0 bridgehead atoms. The number of aromatic nitrogens is 1. The van der Waals surface area contributed by atoms with Gasteiger partial charge in [-0.15, -0.1) is 11.3 Å². The molecule has 3 aromatic rings. The van der Waals surface area contributed by atoms with E-state index in [4.69, 9.17) is 4.74 Å². The van der Waals surface area contributed by atoms with Crippen LogP contribution in [0, 0.1) is 6.92 Å². The third-order valence-electron chi connectivity index (χ3n) is 5.33. The molecule has 5 nitrogen and oxygen atoms in total. The van der Waals surface area contributed by atoms with Crippen molar-refractivity contribution in [2.24, 2.45) is 0 Å². The van der Waals surface area contributed by atoms with Crippen LogP contribution < -0.4 is 5.32 Å². The highest BCUT2D eigenvalue weighted by molar-refractivity contribution is 7.09. The lowest BCUT2D eigenvalue weighted by molar-refractivity contribution is -0.137. The van der Waals surface area contributed by atoms with E-state index in [9.17, 15) is 4.79 Å². The molecule has 0 unspecified atom stereocenters. The first kappa shape index (κ1) is 20.7. The molecule has 0 saturated carbocycles. The topological polar surface area (TPSA) is 54.5 Å². The number of aryl methyl sites for hydroxylation is 1. The maximum atomic E-state index is 13.1. The predicted octanol–water partition coefficient (Wildman–Crippen LogP) is 3.85. The van der Waals surface area contributed by atoms with Gasteiger partial charge in [-0.3, -0.25) is 4.79 Å². The van der Waals surface area contributed by atoms with E-state index in [0.717, 1.165) is 34.8 Å². The summed E-state index contributed by atoms with van der Waals surface area (Å²) in [6, 6.07) is 18.2. The van der Waals surface area contributed by atoms with Crippen LogP contribution in [-0.4, -0.2) is 48.6 Å². The molecular weight excluding hydrogens is 394 g/mol. The van der Waals surface area contributed by atoms with Crippen LogP contribution in [0.1, 0.15) is 22.2 Å². The second-order valence-electron chi connectivity index (χ2n) is 7.43. The number of hydrogen-bond donors (Lipinski definition) is 1. The third-order valence-corrected chi connectivity index (χ3v) is 6.11. The van der Waals surface area contributed by atoms with Crippen molar-refractivity contribution in [2.45, 2.75) is 19.4 Å². The Labute approximate surface area is 181 Å². The summed E-state index contributed by atoms with van der Waals surface area (Å²) in [4.78, 5) is 19.6. The Hall–Kier alpha value is -2.54. The number of carbonyl (C=O) groups is 1. The van der Waals surface area contributed by atoms with Gasteiger partial charge in [-0.25, -0.2) is 4.98 Å². The van der Waals surface area contributed by atoms with Gasteiger partial charge in [0.25, 0.3) is 0 Å². The van der Waals surface area contributed by atoms with Gasteiger partial charge in [0.2, 0.25) is 5.91 Å². The van der Waals surface area contributed by atoms with Crippen molar-refractivity contribution >= 4 is 17.2 Å². The highest BCUT2D eigenvalue weighted by Gasteiger charge is 2.26. The predicted molar refractivity (Wildman–Crippen MR) is 121 cm³/mol. The molecule has 156 valence electrons. The lowest BCUT2D eigenvalue weighted by atomic mass is 10.0. The molecule has 1 saturated heterocycles. The number of nitrogens with zero attached hydrogens (tertiary/aromatic N) is 2. The van der Waals surface area contributed by atoms with Crippen LogP contribution in [0.3, 0.4) is 0 Å². The largest absolute Gasteiger partial charge is 0.378 e. The van der Waals surface area contributed by atoms with Gasteiger partial charge in [0.15, 0.2) is 0 Å². The fraction of sp³-hybridized carbons (Fsp3) is 0.333. The molecule has 30 heavy (non-hydrogen) atoms. The van der Waals surface area contributed by atoms with E-state index in [2.05, 4.69) is 39.9 Å². The second-order valence-corrected chi connectivity index (χ2v) is 8.50. The third kappa shape index (κ3) is 5.14. The van der Waals surface area contributed by atoms with E-state index in [1.165, 1.54) is 5.56 Å². The van der Waals surface area contributed by atoms with Crippen molar-refractivity contribution in [3.05, 3.63) is 76.1 Å². The first-order valence-corrected chi connectivity index (χ1v) is 11.2. The Bertz CT molecular complexity index is 950. The smallest absolute Gasteiger partial charge is 0.244 e. The van der Waals surface area contributed by atoms with Crippen LogP contribution >= 0.6 is 11.3 Å². The number of rotatable bonds is 7. The van der Waals surface area contributed by atoms with Gasteiger partial charge in [0.1, 0.15) is 6.04 Å². The maximum absolute atomic E-state index is 13.1. The van der Waals surface area contributed by atoms with Crippen LogP contribution in [0.5, 0.6) is 0 Å². The fourth-order valence-corrected chi connectivity index (χ4v) is 4.28. The molecule has 0 aliphatic carbocycles. The first-order valence-electron chi connectivity index (χ1n) is 10.4. The van der Waals surface area contributed by atoms with Crippen LogP contribution in [0.25, 0.3) is 11.3 Å². The summed E-state index contributed by atoms with van der Waals surface area (Å²) in [5.41, 5.74) is 4.41. The summed E-state index contributed by atoms with van der Waals surface area (Å²) < 4.78 is 5.40. The maximum Gasteiger partial charge on any atom is 0.244 e. The number of carbonyl (C=O) groups excluding carboxylic acids is 1. The summed E-state index contributed by atoms with van der Waals surface area (Å²) >= 11 is 1.67. The number of nitrogens with one attached hydrogen (secondary N) is 1. The SMILES string of the molecule is Cc1nc(-c2ccc(CCN[C@@H](C(=O)N3CCOCC3)c3ccccc3)cc2)cs1. The van der Waals surface area contributed by atoms with Crippen LogP contribution in [-0.2, 0) is 16.0 Å². The Balaban J connectivity index is 1.39. The van der Waals surface area contributed by atoms with Crippen molar-refractivity contribution in [2.75, 3.05) is 32.8 Å². The van der Waals surface area contributed by atoms with Crippen LogP contribution in [0.2, 0.25) is 0 Å². The van der Waals surface area contributed by atoms with Crippen molar-refractivity contribution < 1.29 is 9.53 Å². The highest BCUT2D eigenvalue weighted by atomic mass is 32.1. The van der Waals surface area contributed by atoms with Gasteiger partial charge >= 0.3 is 0 Å². The summed E-state index contributed by atoms with van der Waals surface area (Å²) in [7, 11) is 0. The number of benzene rings is 2. The van der Waals surface area contributed by atoms with Gasteiger partial charge in [-0.05, 0) is 24.5 Å². The number of hydrogen-bond acceptors (Lipinski definition) is 5. The lowest BCUT2D eigenvalue weighted by Crippen LogP contribution is -2.46. The molecule has 4 rings (SSSR count). The lowest BCUT2D eigenvalue weighted by Gasteiger charge is -2.31. The van der Waals surface area contributed by atoms with Crippen molar-refractivity contribution in [3.8, 4) is 11.3 Å². The Morgan fingerprint density at radius 3 is 2.53 bits per heavy atom. The minimum atomic E-state index is -0.332. The van der Waals surface area contributed by atoms with Crippen molar-refractivity contribution in [1.29, 1.82) is 0 Å². The molecular formula is C24H27N3O2S. The number of morpholine rings is 1. The molecule has 1 aliphatic rings. The quantitative estimate of drug-likeness (QED) is 0.630. The standard InChI is InChI=1S/C24H27N3O2S/c1-18-26-22(17-30-18)20-9-7-19(8-10-20)11-12-25-23(21-5-3-2-4-6-21)24(28)27-13-15-29-16-14-27/h2-10,17,23,25H,11-16H2,1H3/t23-/m1/s1. The first-order chi connectivity index (χ1) is 14.7. The Morgan fingerprint density at radius 2 is 1.87 bits per heavy atom. The van der Waals surface area contributed by atoms with Gasteiger partial charge < -0.3 is 15.0 Å². The molecule has 2 heterocycles. The monoisotopic (exact) mass is 421 g/mol. The molecule has 1 atom stereocenters. The molecule has 0 radical (unpaired) electrons. The van der Waals surface area contributed by atoms with Gasteiger partial charge in [-0.2, -0.15) is 0 Å². The second kappa shape index (κ2) is 9.98. The van der Waals surface area contributed by atoms with E-state index in [-0.39, 0.29) is 11.9 Å². The van der Waals surface area contributed by atoms with E-state index >= 15 is 0 Å². The van der Waals surface area contributed by atoms with E-state index in [0.29, 0.717) is 26.3 Å². The van der Waals surface area contributed by atoms with Gasteiger partial charge in [0, 0.05) is 30.6 Å². The molecule has 6 heteroatoms. The molecule has 2 aromatic carbocycles. The fourth-order valence-electron chi connectivity index (χ4n) is 3.66. The minimum absolute atomic E-state index is 0.124. The van der Waals surface area contributed by atoms with Crippen LogP contribution in [0.4, 0.5) is 0 Å². The van der Waals surface area contributed by atoms with E-state index < -0.39 is 0 Å². The van der Waals surface area contributed by atoms with Crippen molar-refractivity contribution in [1.82, 2.24) is 15.2 Å². The molecule has 1 N–H and O–H groups in total. The molecule has 1 amide bonds. The zero-order chi connectivity index (χ0) is 20.8. The number of thiazole rings is 1. The number of amides is 1. The van der Waals surface area contributed by atoms with E-state index in [1.807, 2.05) is 42.2 Å². The summed E-state index contributed by atoms with van der Waals surface area (Å²) in [5.74, 6) is 0.124. The van der Waals surface area contributed by atoms with Crippen LogP contribution in [0.15, 0.2) is 60.0 Å². The van der Waals surface area contributed by atoms with E-state index in [1.54, 1.807) is 11.3 Å². The average molecular weight is 422 g/mol. The number of ether oxygens (including phenoxy) is 1. The zero-order valence-electron chi connectivity index (χ0n) is 17.2. The van der Waals surface area contributed by atoms with Crippen molar-refractivity contribution in [3.63, 3.8) is 0 Å². The molecule has 1 fully saturated rings. The van der Waals surface area contributed by atoms with Gasteiger partial charge in [0.05, 0.1) is 23.9 Å². The molecule has 1 aliphatic heterocycles. The minimum Gasteiger partial charge on any atom is -0.378 e. The highest BCUT2D eigenvalue weighted by Crippen LogP contribution is 2.22. The molecule has 0 spiro atoms. The molecule has 1 aromatic heterocycles. The Morgan fingerprint density at radius 1 is 1.13 bits per heavy atom. The summed E-state index contributed by atoms with van der Waals surface area (Å²) in [6.45, 7) is 5.28. The zero-order valence-corrected chi connectivity index (χ0v) is 18.0. The Kier molecular flexibility index (Phi) is 6.89. The average Bonchev–Trinajstić information content (AvgIpc) is 3.24. The normalized spacial score (nSPS) is 15.2. The van der Waals surface area contributed by atoms with Gasteiger partial charge in [-0.1, -0.05) is 54.6 Å². The summed E-state index contributed by atoms with van der Waals surface area (Å²) in [5, 5.41) is 6.66.